The smallest absolute Gasteiger partial charge is 0.254 e. The van der Waals surface area contributed by atoms with Crippen molar-refractivity contribution in [2.45, 2.75) is 38.1 Å². The first-order valence-corrected chi connectivity index (χ1v) is 10.1. The molecule has 1 aromatic rings. The Hall–Kier alpha value is -1.62. The SMILES string of the molecule is C=CCN(C(=O)c1ccc2c(c1)CCCC2)[C@H]1CCS(=O)(=O)C1. The van der Waals surface area contributed by atoms with Gasteiger partial charge in [0, 0.05) is 18.2 Å². The van der Waals surface area contributed by atoms with Crippen LogP contribution < -0.4 is 0 Å². The highest BCUT2D eigenvalue weighted by Crippen LogP contribution is 2.25. The van der Waals surface area contributed by atoms with Crippen molar-refractivity contribution in [3.63, 3.8) is 0 Å². The standard InChI is InChI=1S/C18H23NO3S/c1-2-10-19(17-9-11-23(21,22)13-17)18(20)16-8-7-14-5-3-4-6-15(14)12-16/h2,7-8,12,17H,1,3-6,9-11,13H2/t17-/m0/s1. The lowest BCUT2D eigenvalue weighted by molar-refractivity contribution is 0.0720. The molecule has 1 atom stereocenters. The molecule has 1 heterocycles. The molecule has 0 aromatic heterocycles. The number of amides is 1. The van der Waals surface area contributed by atoms with Crippen LogP contribution in [-0.4, -0.2) is 43.3 Å². The van der Waals surface area contributed by atoms with Gasteiger partial charge in [-0.25, -0.2) is 8.42 Å². The molecule has 5 heteroatoms. The summed E-state index contributed by atoms with van der Waals surface area (Å²) < 4.78 is 23.5. The first kappa shape index (κ1) is 16.2. The Labute approximate surface area is 138 Å². The van der Waals surface area contributed by atoms with Gasteiger partial charge in [0.1, 0.15) is 0 Å². The van der Waals surface area contributed by atoms with Gasteiger partial charge in [0.25, 0.3) is 5.91 Å². The van der Waals surface area contributed by atoms with E-state index in [0.717, 1.165) is 12.8 Å². The molecule has 1 saturated heterocycles. The molecule has 1 aliphatic carbocycles. The van der Waals surface area contributed by atoms with Crippen molar-refractivity contribution in [2.24, 2.45) is 0 Å². The maximum atomic E-state index is 12.9. The van der Waals surface area contributed by atoms with Crippen LogP contribution in [0.2, 0.25) is 0 Å². The molecular weight excluding hydrogens is 310 g/mol. The number of fused-ring (bicyclic) bond motifs is 1. The van der Waals surface area contributed by atoms with Crippen LogP contribution in [0.5, 0.6) is 0 Å². The molecule has 0 radical (unpaired) electrons. The summed E-state index contributed by atoms with van der Waals surface area (Å²) in [4.78, 5) is 14.6. The molecule has 4 nitrogen and oxygen atoms in total. The number of aryl methyl sites for hydroxylation is 2. The quantitative estimate of drug-likeness (QED) is 0.795. The highest BCUT2D eigenvalue weighted by Gasteiger charge is 2.34. The molecule has 124 valence electrons. The van der Waals surface area contributed by atoms with Gasteiger partial charge in [0.05, 0.1) is 11.5 Å². The summed E-state index contributed by atoms with van der Waals surface area (Å²) in [5, 5.41) is 0. The van der Waals surface area contributed by atoms with Crippen LogP contribution in [0.15, 0.2) is 30.9 Å². The van der Waals surface area contributed by atoms with Crippen molar-refractivity contribution in [3.8, 4) is 0 Å². The van der Waals surface area contributed by atoms with E-state index >= 15 is 0 Å². The van der Waals surface area contributed by atoms with Crippen LogP contribution in [0.25, 0.3) is 0 Å². The van der Waals surface area contributed by atoms with Crippen molar-refractivity contribution in [2.75, 3.05) is 18.1 Å². The van der Waals surface area contributed by atoms with E-state index in [1.807, 2.05) is 12.1 Å². The Bertz CT molecular complexity index is 724. The molecule has 0 saturated carbocycles. The maximum Gasteiger partial charge on any atom is 0.254 e. The Balaban J connectivity index is 1.85. The van der Waals surface area contributed by atoms with E-state index in [1.54, 1.807) is 11.0 Å². The van der Waals surface area contributed by atoms with E-state index in [9.17, 15) is 13.2 Å². The van der Waals surface area contributed by atoms with Gasteiger partial charge in [0.2, 0.25) is 0 Å². The third-order valence-electron chi connectivity index (χ3n) is 4.83. The van der Waals surface area contributed by atoms with Crippen molar-refractivity contribution in [1.29, 1.82) is 0 Å². The van der Waals surface area contributed by atoms with Gasteiger partial charge in [-0.1, -0.05) is 12.1 Å². The number of carbonyl (C=O) groups is 1. The van der Waals surface area contributed by atoms with E-state index in [1.165, 1.54) is 24.0 Å². The summed E-state index contributed by atoms with van der Waals surface area (Å²) >= 11 is 0. The largest absolute Gasteiger partial charge is 0.331 e. The summed E-state index contributed by atoms with van der Waals surface area (Å²) in [6, 6.07) is 5.70. The van der Waals surface area contributed by atoms with Crippen LogP contribution in [0, 0.1) is 0 Å². The van der Waals surface area contributed by atoms with Crippen molar-refractivity contribution in [1.82, 2.24) is 4.90 Å². The van der Waals surface area contributed by atoms with Crippen LogP contribution in [0.3, 0.4) is 0 Å². The molecule has 0 spiro atoms. The maximum absolute atomic E-state index is 12.9. The monoisotopic (exact) mass is 333 g/mol. The zero-order chi connectivity index (χ0) is 16.4. The fraction of sp³-hybridized carbons (Fsp3) is 0.500. The average molecular weight is 333 g/mol. The minimum absolute atomic E-state index is 0.0670. The second kappa shape index (κ2) is 6.48. The predicted molar refractivity (Wildman–Crippen MR) is 91.4 cm³/mol. The summed E-state index contributed by atoms with van der Waals surface area (Å²) in [6.45, 7) is 4.10. The molecule has 0 N–H and O–H groups in total. The highest BCUT2D eigenvalue weighted by atomic mass is 32.2. The molecule has 1 aromatic carbocycles. The molecule has 1 amide bonds. The number of benzene rings is 1. The van der Waals surface area contributed by atoms with Gasteiger partial charge in [-0.3, -0.25) is 4.79 Å². The number of hydrogen-bond donors (Lipinski definition) is 0. The first-order valence-electron chi connectivity index (χ1n) is 8.24. The Morgan fingerprint density at radius 3 is 2.65 bits per heavy atom. The zero-order valence-corrected chi connectivity index (χ0v) is 14.1. The van der Waals surface area contributed by atoms with Gasteiger partial charge < -0.3 is 4.90 Å². The van der Waals surface area contributed by atoms with Gasteiger partial charge in [-0.05, 0) is 55.4 Å². The molecule has 23 heavy (non-hydrogen) atoms. The van der Waals surface area contributed by atoms with E-state index in [-0.39, 0.29) is 23.5 Å². The van der Waals surface area contributed by atoms with Crippen molar-refractivity contribution >= 4 is 15.7 Å². The van der Waals surface area contributed by atoms with Gasteiger partial charge in [-0.2, -0.15) is 0 Å². The van der Waals surface area contributed by atoms with Gasteiger partial charge in [0.15, 0.2) is 9.84 Å². The molecular formula is C18H23NO3S. The topological polar surface area (TPSA) is 54.5 Å². The lowest BCUT2D eigenvalue weighted by Crippen LogP contribution is -2.41. The normalized spacial score (nSPS) is 22.3. The predicted octanol–water partition coefficient (Wildman–Crippen LogP) is 2.38. The Kier molecular flexibility index (Phi) is 4.57. The zero-order valence-electron chi connectivity index (χ0n) is 13.3. The molecule has 1 aliphatic heterocycles. The lowest BCUT2D eigenvalue weighted by atomic mass is 9.90. The number of rotatable bonds is 4. The Morgan fingerprint density at radius 1 is 1.26 bits per heavy atom. The number of carbonyl (C=O) groups excluding carboxylic acids is 1. The van der Waals surface area contributed by atoms with Crippen LogP contribution in [0.1, 0.15) is 40.7 Å². The molecule has 1 fully saturated rings. The number of sulfone groups is 1. The third-order valence-corrected chi connectivity index (χ3v) is 6.58. The van der Waals surface area contributed by atoms with Crippen LogP contribution in [-0.2, 0) is 22.7 Å². The number of hydrogen-bond acceptors (Lipinski definition) is 3. The summed E-state index contributed by atoms with van der Waals surface area (Å²) in [5.74, 6) is 0.153. The Morgan fingerprint density at radius 2 is 2.00 bits per heavy atom. The molecule has 2 aliphatic rings. The van der Waals surface area contributed by atoms with E-state index in [0.29, 0.717) is 18.5 Å². The lowest BCUT2D eigenvalue weighted by Gasteiger charge is -2.27. The summed E-state index contributed by atoms with van der Waals surface area (Å²) in [6.07, 6.45) is 6.68. The van der Waals surface area contributed by atoms with Crippen molar-refractivity contribution in [3.05, 3.63) is 47.5 Å². The second-order valence-corrected chi connectivity index (χ2v) is 8.72. The summed E-state index contributed by atoms with van der Waals surface area (Å²) in [7, 11) is -3.02. The molecule has 0 bridgehead atoms. The fourth-order valence-corrected chi connectivity index (χ4v) is 5.32. The van der Waals surface area contributed by atoms with E-state index < -0.39 is 9.84 Å². The highest BCUT2D eigenvalue weighted by molar-refractivity contribution is 7.91. The van der Waals surface area contributed by atoms with E-state index in [2.05, 4.69) is 12.6 Å². The summed E-state index contributed by atoms with van der Waals surface area (Å²) in [5.41, 5.74) is 3.27. The average Bonchev–Trinajstić information content (AvgIpc) is 2.91. The van der Waals surface area contributed by atoms with Crippen LogP contribution >= 0.6 is 0 Å². The fourth-order valence-electron chi connectivity index (χ4n) is 3.59. The minimum atomic E-state index is -3.02. The number of nitrogens with zero attached hydrogens (tertiary/aromatic N) is 1. The minimum Gasteiger partial charge on any atom is -0.331 e. The molecule has 3 rings (SSSR count). The first-order chi connectivity index (χ1) is 11.0. The van der Waals surface area contributed by atoms with Gasteiger partial charge in [-0.15, -0.1) is 6.58 Å². The van der Waals surface area contributed by atoms with Crippen LogP contribution in [0.4, 0.5) is 0 Å². The third kappa shape index (κ3) is 3.50. The molecule has 0 unspecified atom stereocenters. The van der Waals surface area contributed by atoms with E-state index in [4.69, 9.17) is 0 Å². The van der Waals surface area contributed by atoms with Crippen molar-refractivity contribution < 1.29 is 13.2 Å². The second-order valence-electron chi connectivity index (χ2n) is 6.49. The van der Waals surface area contributed by atoms with Gasteiger partial charge >= 0.3 is 0 Å².